The van der Waals surface area contributed by atoms with Crippen molar-refractivity contribution >= 4 is 16.4 Å². The van der Waals surface area contributed by atoms with Crippen LogP contribution in [0.25, 0.3) is 0 Å². The third kappa shape index (κ3) is 8.67. The molecule has 0 bridgehead atoms. The van der Waals surface area contributed by atoms with Crippen LogP contribution in [0.1, 0.15) is 41.5 Å². The topological polar surface area (TPSA) is 29.5 Å². The highest BCUT2D eigenvalue weighted by molar-refractivity contribution is 6.81. The second-order valence-corrected chi connectivity index (χ2v) is 19.9. The van der Waals surface area contributed by atoms with Gasteiger partial charge < -0.3 is 9.53 Å². The van der Waals surface area contributed by atoms with Crippen molar-refractivity contribution in [1.82, 2.24) is 0 Å². The molecule has 0 spiro atoms. The fourth-order valence-electron chi connectivity index (χ4n) is 2.21. The molecule has 0 aromatic heterocycles. The standard InChI is InChI=1S/C21H42O2Si2/c1-16(2)20(22)18(4)15-17(3)19(13-14-24(8,9)10)23-25(11,12)21(5,6)7/h13-15,17,19-20,22H,1H2,2-12H3/b14-13+,18-15+/t17-,19-,20?/m1/s1. The smallest absolute Gasteiger partial charge is 0.192 e. The van der Waals surface area contributed by atoms with Gasteiger partial charge >= 0.3 is 0 Å². The zero-order valence-corrected chi connectivity index (χ0v) is 20.5. The van der Waals surface area contributed by atoms with Gasteiger partial charge in [-0.2, -0.15) is 0 Å². The van der Waals surface area contributed by atoms with E-state index in [0.717, 1.165) is 11.1 Å². The maximum atomic E-state index is 10.2. The molecule has 25 heavy (non-hydrogen) atoms. The Hall–Kier alpha value is -0.426. The second-order valence-electron chi connectivity index (χ2n) is 10.1. The molecule has 146 valence electrons. The summed E-state index contributed by atoms with van der Waals surface area (Å²) in [5.74, 6) is 0.204. The van der Waals surface area contributed by atoms with E-state index in [2.05, 4.69) is 84.9 Å². The van der Waals surface area contributed by atoms with Crippen molar-refractivity contribution in [2.24, 2.45) is 5.92 Å². The van der Waals surface area contributed by atoms with Gasteiger partial charge in [0, 0.05) is 5.92 Å². The Morgan fingerprint density at radius 1 is 1.08 bits per heavy atom. The Labute approximate surface area is 159 Å². The zero-order valence-electron chi connectivity index (χ0n) is 18.5. The number of hydrogen-bond acceptors (Lipinski definition) is 2. The van der Waals surface area contributed by atoms with Crippen molar-refractivity contribution in [3.63, 3.8) is 0 Å². The Bertz CT molecular complexity index is 505. The number of aliphatic hydroxyl groups excluding tert-OH is 1. The van der Waals surface area contributed by atoms with Crippen molar-refractivity contribution in [2.45, 2.75) is 91.5 Å². The van der Waals surface area contributed by atoms with Crippen molar-refractivity contribution in [3.05, 3.63) is 35.6 Å². The first-order valence-electron chi connectivity index (χ1n) is 9.37. The molecule has 3 atom stereocenters. The summed E-state index contributed by atoms with van der Waals surface area (Å²) in [5.41, 5.74) is 4.10. The summed E-state index contributed by atoms with van der Waals surface area (Å²) in [6.07, 6.45) is 3.89. The van der Waals surface area contributed by atoms with Crippen LogP contribution in [-0.4, -0.2) is 33.7 Å². The van der Waals surface area contributed by atoms with E-state index in [-0.39, 0.29) is 17.1 Å². The minimum atomic E-state index is -1.87. The van der Waals surface area contributed by atoms with Crippen LogP contribution in [-0.2, 0) is 4.43 Å². The van der Waals surface area contributed by atoms with E-state index in [1.54, 1.807) is 0 Å². The first-order chi connectivity index (χ1) is 11.0. The SMILES string of the molecule is C=C(C)C(O)/C(C)=C/[C@@H](C)[C@@H](/C=C/[Si](C)(C)C)O[Si](C)(C)C(C)(C)C. The highest BCUT2D eigenvalue weighted by Crippen LogP contribution is 2.38. The van der Waals surface area contributed by atoms with E-state index < -0.39 is 22.5 Å². The molecule has 0 aliphatic carbocycles. The second kappa shape index (κ2) is 8.98. The van der Waals surface area contributed by atoms with Crippen molar-refractivity contribution in [3.8, 4) is 0 Å². The molecule has 4 heteroatoms. The molecule has 0 aromatic carbocycles. The Morgan fingerprint density at radius 2 is 1.56 bits per heavy atom. The average molecular weight is 383 g/mol. The van der Waals surface area contributed by atoms with Crippen LogP contribution in [0, 0.1) is 5.92 Å². The molecule has 0 radical (unpaired) electrons. The van der Waals surface area contributed by atoms with Crippen LogP contribution in [0.2, 0.25) is 37.8 Å². The molecule has 0 saturated heterocycles. The van der Waals surface area contributed by atoms with E-state index in [4.69, 9.17) is 4.43 Å². The maximum Gasteiger partial charge on any atom is 0.192 e. The maximum absolute atomic E-state index is 10.2. The minimum absolute atomic E-state index is 0.0416. The van der Waals surface area contributed by atoms with Crippen LogP contribution in [0.4, 0.5) is 0 Å². The molecule has 0 aliphatic rings. The van der Waals surface area contributed by atoms with Gasteiger partial charge in [-0.1, -0.05) is 71.8 Å². The first-order valence-corrected chi connectivity index (χ1v) is 15.9. The van der Waals surface area contributed by atoms with E-state index in [1.807, 2.05) is 13.8 Å². The molecule has 1 unspecified atom stereocenters. The number of rotatable bonds is 8. The summed E-state index contributed by atoms with van der Waals surface area (Å²) in [4.78, 5) is 0. The minimum Gasteiger partial charge on any atom is -0.410 e. The van der Waals surface area contributed by atoms with E-state index in [9.17, 15) is 5.11 Å². The van der Waals surface area contributed by atoms with Crippen molar-refractivity contribution in [1.29, 1.82) is 0 Å². The number of aliphatic hydroxyl groups is 1. The molecule has 0 rings (SSSR count). The molecular formula is C21H42O2Si2. The number of hydrogen-bond donors (Lipinski definition) is 1. The molecule has 0 amide bonds. The molecule has 1 N–H and O–H groups in total. The van der Waals surface area contributed by atoms with Crippen LogP contribution >= 0.6 is 0 Å². The van der Waals surface area contributed by atoms with Crippen molar-refractivity contribution in [2.75, 3.05) is 0 Å². The third-order valence-electron chi connectivity index (χ3n) is 4.96. The lowest BCUT2D eigenvalue weighted by atomic mass is 9.97. The third-order valence-corrected chi connectivity index (χ3v) is 10.6. The van der Waals surface area contributed by atoms with Crippen LogP contribution < -0.4 is 0 Å². The zero-order chi connectivity index (χ0) is 20.2. The molecular weight excluding hydrogens is 340 g/mol. The average Bonchev–Trinajstić information content (AvgIpc) is 2.39. The van der Waals surface area contributed by atoms with E-state index in [1.165, 1.54) is 0 Å². The molecule has 0 aliphatic heterocycles. The quantitative estimate of drug-likeness (QED) is 0.392. The first kappa shape index (κ1) is 24.6. The monoisotopic (exact) mass is 382 g/mol. The normalized spacial score (nSPS) is 18.3. The highest BCUT2D eigenvalue weighted by atomic mass is 28.4. The van der Waals surface area contributed by atoms with Gasteiger partial charge in [-0.15, -0.1) is 0 Å². The van der Waals surface area contributed by atoms with Gasteiger partial charge in [0.25, 0.3) is 0 Å². The van der Waals surface area contributed by atoms with Gasteiger partial charge in [-0.25, -0.2) is 0 Å². The lowest BCUT2D eigenvalue weighted by molar-refractivity contribution is 0.187. The summed E-state index contributed by atoms with van der Waals surface area (Å²) in [6.45, 7) is 28.3. The van der Waals surface area contributed by atoms with Gasteiger partial charge in [0.05, 0.1) is 20.3 Å². The van der Waals surface area contributed by atoms with Gasteiger partial charge in [-0.05, 0) is 43.1 Å². The summed E-state index contributed by atoms with van der Waals surface area (Å²) in [7, 11) is -3.17. The Kier molecular flexibility index (Phi) is 8.83. The molecule has 0 aromatic rings. The summed E-state index contributed by atoms with van der Waals surface area (Å²) in [6, 6.07) is 0. The van der Waals surface area contributed by atoms with Crippen LogP contribution in [0.15, 0.2) is 35.6 Å². The van der Waals surface area contributed by atoms with Gasteiger partial charge in [0.1, 0.15) is 0 Å². The lowest BCUT2D eigenvalue weighted by Crippen LogP contribution is -2.45. The molecule has 2 nitrogen and oxygen atoms in total. The van der Waals surface area contributed by atoms with Crippen molar-refractivity contribution < 1.29 is 9.53 Å². The summed E-state index contributed by atoms with van der Waals surface area (Å²) >= 11 is 0. The lowest BCUT2D eigenvalue weighted by Gasteiger charge is -2.40. The van der Waals surface area contributed by atoms with Crippen LogP contribution in [0.3, 0.4) is 0 Å². The fraction of sp³-hybridized carbons (Fsp3) is 0.714. The Balaban J connectivity index is 5.64. The Morgan fingerprint density at radius 3 is 1.92 bits per heavy atom. The molecule has 0 fully saturated rings. The van der Waals surface area contributed by atoms with Gasteiger partial charge in [-0.3, -0.25) is 0 Å². The van der Waals surface area contributed by atoms with Crippen LogP contribution in [0.5, 0.6) is 0 Å². The summed E-state index contributed by atoms with van der Waals surface area (Å²) in [5, 5.41) is 10.4. The fourth-order valence-corrected chi connectivity index (χ4v) is 4.31. The molecule has 0 heterocycles. The van der Waals surface area contributed by atoms with Gasteiger partial charge in [0.15, 0.2) is 8.32 Å². The largest absolute Gasteiger partial charge is 0.410 e. The highest BCUT2D eigenvalue weighted by Gasteiger charge is 2.39. The predicted octanol–water partition coefficient (Wildman–Crippen LogP) is 6.33. The van der Waals surface area contributed by atoms with E-state index in [0.29, 0.717) is 0 Å². The van der Waals surface area contributed by atoms with Gasteiger partial charge in [0.2, 0.25) is 0 Å². The molecule has 0 saturated carbocycles. The summed E-state index contributed by atoms with van der Waals surface area (Å²) < 4.78 is 6.73. The van der Waals surface area contributed by atoms with E-state index >= 15 is 0 Å². The predicted molar refractivity (Wildman–Crippen MR) is 118 cm³/mol.